The summed E-state index contributed by atoms with van der Waals surface area (Å²) in [6, 6.07) is -0.534. The standard InChI is InChI=1S/C24H50N6O/c1-27(2)13-5-7-20-9-15-29(16-10-20)19-22(25)23(24(26)31)30-17-11-21(12-18-30)8-6-14-28(3)4/h20-23H,5-19,25H2,1-4H3,(H2,26,31). The van der Waals surface area contributed by atoms with Crippen LogP contribution in [0.4, 0.5) is 0 Å². The van der Waals surface area contributed by atoms with Crippen molar-refractivity contribution in [1.29, 1.82) is 0 Å². The van der Waals surface area contributed by atoms with E-state index in [4.69, 9.17) is 11.5 Å². The van der Waals surface area contributed by atoms with Gasteiger partial charge in [-0.2, -0.15) is 0 Å². The van der Waals surface area contributed by atoms with Gasteiger partial charge in [-0.05, 0) is 131 Å². The van der Waals surface area contributed by atoms with Crippen LogP contribution in [0.25, 0.3) is 0 Å². The maximum absolute atomic E-state index is 12.3. The zero-order chi connectivity index (χ0) is 22.8. The van der Waals surface area contributed by atoms with Crippen molar-refractivity contribution in [3.05, 3.63) is 0 Å². The lowest BCUT2D eigenvalue weighted by Gasteiger charge is -2.41. The second kappa shape index (κ2) is 13.7. The summed E-state index contributed by atoms with van der Waals surface area (Å²) in [5.41, 5.74) is 12.4. The number of rotatable bonds is 13. The molecule has 7 nitrogen and oxygen atoms in total. The fourth-order valence-corrected chi connectivity index (χ4v) is 5.43. The van der Waals surface area contributed by atoms with Crippen molar-refractivity contribution in [3.8, 4) is 0 Å². The monoisotopic (exact) mass is 438 g/mol. The molecule has 1 amide bonds. The maximum atomic E-state index is 12.3. The first-order valence-electron chi connectivity index (χ1n) is 12.6. The number of carbonyl (C=O) groups excluding carboxylic acids is 1. The lowest BCUT2D eigenvalue weighted by atomic mass is 9.90. The van der Waals surface area contributed by atoms with E-state index in [2.05, 4.69) is 47.8 Å². The van der Waals surface area contributed by atoms with E-state index in [0.29, 0.717) is 0 Å². The predicted octanol–water partition coefficient (Wildman–Crippen LogP) is 1.28. The van der Waals surface area contributed by atoms with E-state index in [9.17, 15) is 4.79 Å². The van der Waals surface area contributed by atoms with E-state index in [-0.39, 0.29) is 18.0 Å². The Balaban J connectivity index is 1.73. The number of nitrogens with two attached hydrogens (primary N) is 2. The van der Waals surface area contributed by atoms with Gasteiger partial charge in [0.25, 0.3) is 0 Å². The van der Waals surface area contributed by atoms with E-state index in [1.165, 1.54) is 45.1 Å². The summed E-state index contributed by atoms with van der Waals surface area (Å²) in [6.45, 7) is 7.20. The second-order valence-electron chi connectivity index (χ2n) is 10.6. The quantitative estimate of drug-likeness (QED) is 0.451. The van der Waals surface area contributed by atoms with Crippen LogP contribution >= 0.6 is 0 Å². The molecule has 2 rings (SSSR count). The molecule has 0 spiro atoms. The largest absolute Gasteiger partial charge is 0.368 e. The van der Waals surface area contributed by atoms with Gasteiger partial charge in [-0.25, -0.2) is 0 Å². The minimum absolute atomic E-state index is 0.201. The Kier molecular flexibility index (Phi) is 11.8. The van der Waals surface area contributed by atoms with Gasteiger partial charge in [-0.15, -0.1) is 0 Å². The molecule has 7 heteroatoms. The topological polar surface area (TPSA) is 82.1 Å². The summed E-state index contributed by atoms with van der Waals surface area (Å²) in [5.74, 6) is 1.36. The Bertz CT molecular complexity index is 498. The van der Waals surface area contributed by atoms with Gasteiger partial charge in [0.2, 0.25) is 5.91 Å². The van der Waals surface area contributed by atoms with Gasteiger partial charge in [-0.3, -0.25) is 9.69 Å². The van der Waals surface area contributed by atoms with Crippen LogP contribution in [-0.2, 0) is 4.79 Å². The molecule has 0 bridgehead atoms. The minimum Gasteiger partial charge on any atom is -0.368 e. The number of piperidine rings is 2. The smallest absolute Gasteiger partial charge is 0.236 e. The van der Waals surface area contributed by atoms with Gasteiger partial charge in [0.05, 0.1) is 0 Å². The SMILES string of the molecule is CN(C)CCCC1CCN(CC(N)C(C(N)=O)N2CCC(CCCN(C)C)CC2)CC1. The normalized spacial score (nSPS) is 22.3. The second-order valence-corrected chi connectivity index (χ2v) is 10.6. The zero-order valence-electron chi connectivity index (χ0n) is 20.8. The number of likely N-dealkylation sites (tertiary alicyclic amines) is 2. The molecule has 0 aromatic carbocycles. The molecule has 2 unspecified atom stereocenters. The lowest BCUT2D eigenvalue weighted by molar-refractivity contribution is -0.124. The third-order valence-electron chi connectivity index (χ3n) is 7.35. The van der Waals surface area contributed by atoms with Crippen molar-refractivity contribution in [2.24, 2.45) is 23.3 Å². The van der Waals surface area contributed by atoms with E-state index >= 15 is 0 Å². The third-order valence-corrected chi connectivity index (χ3v) is 7.35. The fraction of sp³-hybridized carbons (Fsp3) is 0.958. The average molecular weight is 439 g/mol. The molecule has 2 aliphatic heterocycles. The van der Waals surface area contributed by atoms with E-state index < -0.39 is 0 Å². The molecular formula is C24H50N6O. The van der Waals surface area contributed by atoms with E-state index in [1.54, 1.807) is 0 Å². The highest BCUT2D eigenvalue weighted by Gasteiger charge is 2.34. The number of primary amides is 1. The molecule has 0 saturated carbocycles. The molecule has 31 heavy (non-hydrogen) atoms. The summed E-state index contributed by atoms with van der Waals surface area (Å²) in [6.07, 6.45) is 9.95. The molecule has 2 aliphatic rings. The zero-order valence-corrected chi connectivity index (χ0v) is 20.8. The molecule has 0 radical (unpaired) electrons. The number of carbonyl (C=O) groups is 1. The Labute approximate surface area is 191 Å². The van der Waals surface area contributed by atoms with Crippen LogP contribution in [0.15, 0.2) is 0 Å². The molecule has 4 N–H and O–H groups in total. The molecule has 0 aromatic rings. The number of hydrogen-bond donors (Lipinski definition) is 2. The number of nitrogens with zero attached hydrogens (tertiary/aromatic N) is 4. The van der Waals surface area contributed by atoms with Crippen LogP contribution in [0.2, 0.25) is 0 Å². The van der Waals surface area contributed by atoms with Crippen molar-refractivity contribution >= 4 is 5.91 Å². The Morgan fingerprint density at radius 3 is 1.74 bits per heavy atom. The first-order chi connectivity index (χ1) is 14.8. The van der Waals surface area contributed by atoms with Crippen LogP contribution in [-0.4, -0.2) is 112 Å². The van der Waals surface area contributed by atoms with Gasteiger partial charge in [0, 0.05) is 12.6 Å². The van der Waals surface area contributed by atoms with Crippen LogP contribution < -0.4 is 11.5 Å². The van der Waals surface area contributed by atoms with Gasteiger partial charge in [0.1, 0.15) is 6.04 Å². The van der Waals surface area contributed by atoms with Crippen molar-refractivity contribution in [2.45, 2.75) is 63.5 Å². The van der Waals surface area contributed by atoms with Gasteiger partial charge in [-0.1, -0.05) is 0 Å². The summed E-state index contributed by atoms with van der Waals surface area (Å²) in [7, 11) is 8.56. The van der Waals surface area contributed by atoms with Crippen molar-refractivity contribution in [3.63, 3.8) is 0 Å². The van der Waals surface area contributed by atoms with Crippen molar-refractivity contribution in [2.75, 3.05) is 74.0 Å². The fourth-order valence-electron chi connectivity index (χ4n) is 5.43. The third kappa shape index (κ3) is 9.74. The highest BCUT2D eigenvalue weighted by atomic mass is 16.1. The Morgan fingerprint density at radius 2 is 1.32 bits per heavy atom. The summed E-state index contributed by atoms with van der Waals surface area (Å²) in [5, 5.41) is 0. The van der Waals surface area contributed by atoms with Crippen molar-refractivity contribution < 1.29 is 4.79 Å². The molecule has 0 aromatic heterocycles. The molecule has 2 saturated heterocycles. The van der Waals surface area contributed by atoms with Crippen LogP contribution in [0.3, 0.4) is 0 Å². The van der Waals surface area contributed by atoms with E-state index in [1.807, 2.05) is 0 Å². The average Bonchev–Trinajstić information content (AvgIpc) is 2.70. The first-order valence-corrected chi connectivity index (χ1v) is 12.6. The maximum Gasteiger partial charge on any atom is 0.236 e. The van der Waals surface area contributed by atoms with Crippen LogP contribution in [0.5, 0.6) is 0 Å². The number of hydrogen-bond acceptors (Lipinski definition) is 6. The molecule has 2 heterocycles. The number of amides is 1. The first kappa shape index (κ1) is 26.5. The molecule has 182 valence electrons. The van der Waals surface area contributed by atoms with Gasteiger partial charge >= 0.3 is 0 Å². The van der Waals surface area contributed by atoms with E-state index in [0.717, 1.165) is 63.9 Å². The van der Waals surface area contributed by atoms with Crippen molar-refractivity contribution in [1.82, 2.24) is 19.6 Å². The highest BCUT2D eigenvalue weighted by Crippen LogP contribution is 2.25. The highest BCUT2D eigenvalue weighted by molar-refractivity contribution is 5.80. The molecular weight excluding hydrogens is 388 g/mol. The molecule has 0 aliphatic carbocycles. The van der Waals surface area contributed by atoms with Crippen LogP contribution in [0, 0.1) is 11.8 Å². The Morgan fingerprint density at radius 1 is 0.871 bits per heavy atom. The summed E-state index contributed by atoms with van der Waals surface area (Å²) < 4.78 is 0. The predicted molar refractivity (Wildman–Crippen MR) is 130 cm³/mol. The summed E-state index contributed by atoms with van der Waals surface area (Å²) in [4.78, 5) is 21.6. The molecule has 2 fully saturated rings. The lowest BCUT2D eigenvalue weighted by Crippen LogP contribution is -2.60. The van der Waals surface area contributed by atoms with Gasteiger partial charge < -0.3 is 26.2 Å². The summed E-state index contributed by atoms with van der Waals surface area (Å²) >= 11 is 0. The minimum atomic E-state index is -0.333. The van der Waals surface area contributed by atoms with Gasteiger partial charge in [0.15, 0.2) is 0 Å². The molecule has 2 atom stereocenters. The van der Waals surface area contributed by atoms with Crippen LogP contribution in [0.1, 0.15) is 51.4 Å². The Hall–Kier alpha value is -0.730.